The number of carbonyl (C=O) groups excluding carboxylic acids is 1. The average molecular weight is 490 g/mol. The summed E-state index contributed by atoms with van der Waals surface area (Å²) in [7, 11) is 3.42. The summed E-state index contributed by atoms with van der Waals surface area (Å²) in [6.07, 6.45) is 2.70. The molecule has 0 amide bonds. The maximum atomic E-state index is 11.0. The number of hydrogen-bond acceptors (Lipinski definition) is 5. The predicted octanol–water partition coefficient (Wildman–Crippen LogP) is -5.06. The molecule has 0 saturated carbocycles. The van der Waals surface area contributed by atoms with Gasteiger partial charge in [0.05, 0.1) is 17.4 Å². The molecule has 132 valence electrons. The van der Waals surface area contributed by atoms with Gasteiger partial charge in [-0.15, -0.1) is 0 Å². The summed E-state index contributed by atoms with van der Waals surface area (Å²) >= 11 is 3.32. The number of aromatic nitrogens is 2. The lowest BCUT2D eigenvalue weighted by Crippen LogP contribution is -3.00. The second kappa shape index (κ2) is 13.0. The highest BCUT2D eigenvalue weighted by Gasteiger charge is 2.17. The normalized spacial score (nSPS) is 9.09. The van der Waals surface area contributed by atoms with Gasteiger partial charge in [0.25, 0.3) is 0 Å². The second-order valence-electron chi connectivity index (χ2n) is 4.44. The number of esters is 1. The van der Waals surface area contributed by atoms with E-state index in [9.17, 15) is 4.79 Å². The number of nitrogens with zero attached hydrogens (tertiary/aromatic N) is 2. The van der Waals surface area contributed by atoms with Crippen molar-refractivity contribution in [3.63, 3.8) is 0 Å². The monoisotopic (exact) mass is 488 g/mol. The Balaban J connectivity index is 0. The molecule has 2 heterocycles. The van der Waals surface area contributed by atoms with Crippen LogP contribution in [0.2, 0.25) is 0 Å². The van der Waals surface area contributed by atoms with Crippen molar-refractivity contribution in [2.24, 2.45) is 7.05 Å². The molecule has 1 N–H and O–H groups in total. The smallest absolute Gasteiger partial charge is 0.372 e. The third-order valence-electron chi connectivity index (χ3n) is 3.04. The van der Waals surface area contributed by atoms with Crippen molar-refractivity contribution in [2.75, 3.05) is 13.7 Å². The molecule has 0 aliphatic heterocycles. The van der Waals surface area contributed by atoms with Gasteiger partial charge in [-0.05, 0) is 0 Å². The fourth-order valence-electron chi connectivity index (χ4n) is 1.56. The molecule has 0 atom stereocenters. The molecule has 0 fully saturated rings. The Morgan fingerprint density at radius 3 is 2.35 bits per heavy atom. The molecular weight excluding hydrogens is 468 g/mol. The Morgan fingerprint density at radius 2 is 1.96 bits per heavy atom. The molecule has 23 heavy (non-hydrogen) atoms. The second-order valence-corrected chi connectivity index (χ2v) is 6.48. The number of ether oxygens (including phenoxy) is 1. The van der Waals surface area contributed by atoms with Crippen molar-refractivity contribution in [2.45, 2.75) is 26.8 Å². The summed E-state index contributed by atoms with van der Waals surface area (Å²) < 4.78 is 8.51. The maximum absolute atomic E-state index is 11.0. The summed E-state index contributed by atoms with van der Waals surface area (Å²) in [5.41, 5.74) is 2.89. The zero-order valence-electron chi connectivity index (χ0n) is 13.6. The van der Waals surface area contributed by atoms with E-state index >= 15 is 0 Å². The van der Waals surface area contributed by atoms with Crippen LogP contribution in [0.15, 0.2) is 17.1 Å². The number of hydrogen-bond donors (Lipinski definition) is 1. The standard InChI is InChI=1S/C9H14NO3S.C5H8NS.2BrH/c1-7-8(3-4-11)14-6-10(7)5-9(12)13-2;1-5-6(2)3-4-7-5;;/h6,11H,3-5H2,1-2H3;3-4H,1-2H3;2*1H/q2*+1;;/p-2. The van der Waals surface area contributed by atoms with Crippen LogP contribution in [-0.2, 0) is 29.5 Å². The number of aliphatic hydroxyl groups is 1. The first-order chi connectivity index (χ1) is 9.99. The van der Waals surface area contributed by atoms with Gasteiger partial charge >= 0.3 is 5.97 Å². The van der Waals surface area contributed by atoms with E-state index in [0.29, 0.717) is 6.42 Å². The number of methoxy groups -OCH3 is 1. The van der Waals surface area contributed by atoms with E-state index in [4.69, 9.17) is 5.11 Å². The number of thiazole rings is 2. The third kappa shape index (κ3) is 8.35. The molecule has 0 aliphatic carbocycles. The minimum Gasteiger partial charge on any atom is -1.00 e. The van der Waals surface area contributed by atoms with Crippen molar-refractivity contribution in [1.29, 1.82) is 0 Å². The molecule has 9 heteroatoms. The molecule has 0 aromatic carbocycles. The minimum absolute atomic E-state index is 0. The fraction of sp³-hybridized carbons (Fsp3) is 0.500. The Morgan fingerprint density at radius 1 is 1.30 bits per heavy atom. The van der Waals surface area contributed by atoms with Gasteiger partial charge in [-0.2, -0.15) is 9.13 Å². The number of aliphatic hydroxyl groups excluding tert-OH is 1. The van der Waals surface area contributed by atoms with Crippen LogP contribution >= 0.6 is 22.7 Å². The molecule has 0 aliphatic rings. The maximum Gasteiger partial charge on any atom is 0.372 e. The molecule has 0 bridgehead atoms. The van der Waals surface area contributed by atoms with Crippen LogP contribution in [0.3, 0.4) is 0 Å². The molecule has 0 unspecified atom stereocenters. The summed E-state index contributed by atoms with van der Waals surface area (Å²) in [6.45, 7) is 4.42. The lowest BCUT2D eigenvalue weighted by molar-refractivity contribution is -0.687. The number of halogens is 2. The highest BCUT2D eigenvalue weighted by molar-refractivity contribution is 7.09. The largest absolute Gasteiger partial charge is 1.00 e. The number of aryl methyl sites for hydroxylation is 2. The fourth-order valence-corrected chi connectivity index (χ4v) is 3.21. The molecule has 0 radical (unpaired) electrons. The van der Waals surface area contributed by atoms with E-state index < -0.39 is 0 Å². The van der Waals surface area contributed by atoms with Crippen molar-refractivity contribution in [1.82, 2.24) is 0 Å². The van der Waals surface area contributed by atoms with Gasteiger partial charge < -0.3 is 43.8 Å². The van der Waals surface area contributed by atoms with Crippen LogP contribution in [0.5, 0.6) is 0 Å². The van der Waals surface area contributed by atoms with E-state index in [1.54, 1.807) is 22.7 Å². The molecule has 2 rings (SSSR count). The molecule has 5 nitrogen and oxygen atoms in total. The quantitative estimate of drug-likeness (QED) is 0.345. The van der Waals surface area contributed by atoms with Gasteiger partial charge in [0.15, 0.2) is 11.9 Å². The Labute approximate surface area is 166 Å². The summed E-state index contributed by atoms with van der Waals surface area (Å²) in [4.78, 5) is 12.1. The first kappa shape index (κ1) is 24.9. The molecule has 2 aromatic rings. The van der Waals surface area contributed by atoms with E-state index in [0.717, 1.165) is 10.6 Å². The van der Waals surface area contributed by atoms with Crippen LogP contribution in [0.1, 0.15) is 15.6 Å². The Bertz CT molecular complexity index is 572. The Kier molecular flexibility index (Phi) is 14.1. The third-order valence-corrected chi connectivity index (χ3v) is 5.07. The van der Waals surface area contributed by atoms with Crippen LogP contribution < -0.4 is 43.1 Å². The molecular formula is C14H22Br2N2O3S2. The van der Waals surface area contributed by atoms with Crippen molar-refractivity contribution >= 4 is 28.6 Å². The minimum atomic E-state index is -0.258. The lowest BCUT2D eigenvalue weighted by atomic mass is 10.3. The van der Waals surface area contributed by atoms with Crippen molar-refractivity contribution in [3.05, 3.63) is 32.7 Å². The lowest BCUT2D eigenvalue weighted by Gasteiger charge is -1.95. The van der Waals surface area contributed by atoms with E-state index in [1.807, 2.05) is 24.0 Å². The van der Waals surface area contributed by atoms with Gasteiger partial charge in [-0.3, -0.25) is 0 Å². The zero-order valence-corrected chi connectivity index (χ0v) is 18.4. The Hall–Kier alpha value is -0.350. The van der Waals surface area contributed by atoms with Gasteiger partial charge in [0.1, 0.15) is 7.05 Å². The first-order valence-electron chi connectivity index (χ1n) is 6.53. The summed E-state index contributed by atoms with van der Waals surface area (Å²) in [6, 6.07) is 0. The van der Waals surface area contributed by atoms with Crippen LogP contribution in [0.4, 0.5) is 0 Å². The molecule has 2 aromatic heterocycles. The topological polar surface area (TPSA) is 54.3 Å². The van der Waals surface area contributed by atoms with E-state index in [-0.39, 0.29) is 53.1 Å². The van der Waals surface area contributed by atoms with Crippen LogP contribution in [-0.4, -0.2) is 24.8 Å². The van der Waals surface area contributed by atoms with E-state index in [2.05, 4.69) is 27.8 Å². The van der Waals surface area contributed by atoms with Crippen molar-refractivity contribution < 1.29 is 57.7 Å². The molecule has 0 saturated heterocycles. The van der Waals surface area contributed by atoms with Crippen molar-refractivity contribution in [3.8, 4) is 0 Å². The summed E-state index contributed by atoms with van der Waals surface area (Å²) in [5.74, 6) is -0.258. The number of carbonyl (C=O) groups is 1. The zero-order chi connectivity index (χ0) is 15.8. The SMILES string of the molecule is COC(=O)C[n+]1csc(CCO)c1C.Cc1scc[n+]1C.[Br-].[Br-]. The van der Waals surface area contributed by atoms with Crippen LogP contribution in [0, 0.1) is 13.8 Å². The van der Waals surface area contributed by atoms with Gasteiger partial charge in [0.2, 0.25) is 17.1 Å². The van der Waals surface area contributed by atoms with E-state index in [1.165, 1.54) is 12.1 Å². The van der Waals surface area contributed by atoms with Gasteiger partial charge in [-0.1, -0.05) is 22.7 Å². The van der Waals surface area contributed by atoms with Gasteiger partial charge in [-0.25, -0.2) is 4.79 Å². The predicted molar refractivity (Wildman–Crippen MR) is 82.3 cm³/mol. The summed E-state index contributed by atoms with van der Waals surface area (Å²) in [5, 5.41) is 12.2. The van der Waals surface area contributed by atoms with Gasteiger partial charge in [0, 0.05) is 26.9 Å². The van der Waals surface area contributed by atoms with Crippen LogP contribution in [0.25, 0.3) is 0 Å². The first-order valence-corrected chi connectivity index (χ1v) is 8.29. The number of rotatable bonds is 4. The molecule has 0 spiro atoms. The highest BCUT2D eigenvalue weighted by atomic mass is 79.9. The highest BCUT2D eigenvalue weighted by Crippen LogP contribution is 2.10. The average Bonchev–Trinajstić information content (AvgIpc) is 3.00.